The number of hydrogen-bond acceptors (Lipinski definition) is 4. The number of para-hydroxylation sites is 1. The van der Waals surface area contributed by atoms with Gasteiger partial charge in [-0.1, -0.05) is 35.9 Å². The van der Waals surface area contributed by atoms with Crippen LogP contribution in [0.25, 0.3) is 32.9 Å². The highest BCUT2D eigenvalue weighted by Crippen LogP contribution is 2.48. The summed E-state index contributed by atoms with van der Waals surface area (Å²) in [6.45, 7) is 1.87. The minimum atomic E-state index is -0.237. The monoisotopic (exact) mass is 416 g/mol. The number of rotatable bonds is 4. The molecule has 0 N–H and O–H groups in total. The molecule has 1 aromatic heterocycles. The number of fused-ring (bicyclic) bond motifs is 4. The minimum Gasteiger partial charge on any atom is -0.466 e. The van der Waals surface area contributed by atoms with Gasteiger partial charge in [-0.3, -0.25) is 4.79 Å². The largest absolute Gasteiger partial charge is 0.466 e. The Bertz CT molecular complexity index is 1320. The number of carbonyl (C=O) groups excluding carboxylic acids is 1. The van der Waals surface area contributed by atoms with Crippen molar-refractivity contribution in [1.29, 1.82) is 0 Å². The molecule has 0 atom stereocenters. The number of carbonyl (C=O) groups is 1. The van der Waals surface area contributed by atoms with Gasteiger partial charge < -0.3 is 9.64 Å². The molecule has 150 valence electrons. The first-order valence-corrected chi connectivity index (χ1v) is 10.4. The summed E-state index contributed by atoms with van der Waals surface area (Å²) >= 11 is 6.32. The third kappa shape index (κ3) is 3.08. The lowest BCUT2D eigenvalue weighted by atomic mass is 9.91. The van der Waals surface area contributed by atoms with E-state index in [2.05, 4.69) is 48.3 Å². The fourth-order valence-corrected chi connectivity index (χ4v) is 4.50. The Morgan fingerprint density at radius 1 is 1.07 bits per heavy atom. The molecule has 1 aliphatic heterocycles. The highest BCUT2D eigenvalue weighted by Gasteiger charge is 2.25. The van der Waals surface area contributed by atoms with Crippen molar-refractivity contribution in [2.24, 2.45) is 0 Å². The van der Waals surface area contributed by atoms with Crippen molar-refractivity contribution in [3.63, 3.8) is 0 Å². The molecule has 0 saturated heterocycles. The molecule has 0 radical (unpaired) electrons. The van der Waals surface area contributed by atoms with Gasteiger partial charge in [0.15, 0.2) is 0 Å². The molecule has 1 aliphatic rings. The lowest BCUT2D eigenvalue weighted by Crippen LogP contribution is -2.16. The van der Waals surface area contributed by atoms with Crippen LogP contribution in [-0.4, -0.2) is 24.6 Å². The molecular formula is C25H21ClN2O2. The molecular weight excluding hydrogens is 396 g/mol. The third-order valence-corrected chi connectivity index (χ3v) is 5.93. The number of esters is 1. The minimum absolute atomic E-state index is 0.237. The molecule has 4 aromatic rings. The van der Waals surface area contributed by atoms with Gasteiger partial charge in [0.05, 0.1) is 29.2 Å². The molecule has 5 rings (SSSR count). The van der Waals surface area contributed by atoms with E-state index in [4.69, 9.17) is 21.3 Å². The van der Waals surface area contributed by atoms with Crippen LogP contribution in [0, 0.1) is 0 Å². The first-order chi connectivity index (χ1) is 14.5. The van der Waals surface area contributed by atoms with E-state index >= 15 is 0 Å². The number of aromatic nitrogens is 1. The van der Waals surface area contributed by atoms with Crippen LogP contribution in [0.2, 0.25) is 5.02 Å². The maximum Gasteiger partial charge on any atom is 0.302 e. The Morgan fingerprint density at radius 3 is 2.73 bits per heavy atom. The predicted octanol–water partition coefficient (Wildman–Crippen LogP) is 6.29. The van der Waals surface area contributed by atoms with E-state index in [0.717, 1.165) is 51.8 Å². The zero-order valence-corrected chi connectivity index (χ0v) is 17.7. The first kappa shape index (κ1) is 18.9. The zero-order chi connectivity index (χ0) is 20.8. The average molecular weight is 417 g/mol. The Hall–Kier alpha value is -3.11. The van der Waals surface area contributed by atoms with Gasteiger partial charge in [-0.05, 0) is 54.1 Å². The third-order valence-electron chi connectivity index (χ3n) is 5.69. The smallest absolute Gasteiger partial charge is 0.302 e. The van der Waals surface area contributed by atoms with Crippen molar-refractivity contribution in [1.82, 2.24) is 4.98 Å². The summed E-state index contributed by atoms with van der Waals surface area (Å²) in [4.78, 5) is 18.3. The summed E-state index contributed by atoms with van der Waals surface area (Å²) < 4.78 is 5.11. The van der Waals surface area contributed by atoms with Gasteiger partial charge in [0, 0.05) is 35.3 Å². The van der Waals surface area contributed by atoms with E-state index in [1.807, 2.05) is 18.2 Å². The van der Waals surface area contributed by atoms with Crippen LogP contribution in [0.15, 0.2) is 54.6 Å². The van der Waals surface area contributed by atoms with Crippen LogP contribution < -0.4 is 4.90 Å². The van der Waals surface area contributed by atoms with Crippen molar-refractivity contribution < 1.29 is 9.53 Å². The standard InChI is InChI=1S/C25H21ClN2O2/c1-15(29)30-11-5-6-16-12-20-18-7-3-4-8-21(18)27-25-19-10-9-17(26)14-22(19)28(2)23(13-16)24(20)25/h3-4,7-10,12-14H,5-6,11H2,1-2H3. The topological polar surface area (TPSA) is 42.4 Å². The normalized spacial score (nSPS) is 12.3. The number of hydrogen-bond donors (Lipinski definition) is 0. The second-order valence-corrected chi connectivity index (χ2v) is 8.12. The summed E-state index contributed by atoms with van der Waals surface area (Å²) in [7, 11) is 2.07. The van der Waals surface area contributed by atoms with Crippen molar-refractivity contribution in [2.45, 2.75) is 19.8 Å². The number of nitrogens with zero attached hydrogens (tertiary/aromatic N) is 2. The summed E-state index contributed by atoms with van der Waals surface area (Å²) in [5.74, 6) is -0.237. The lowest BCUT2D eigenvalue weighted by molar-refractivity contribution is -0.141. The molecule has 0 bridgehead atoms. The molecule has 4 nitrogen and oxygen atoms in total. The van der Waals surface area contributed by atoms with Gasteiger partial charge in [-0.2, -0.15) is 0 Å². The van der Waals surface area contributed by atoms with Gasteiger partial charge in [-0.25, -0.2) is 4.98 Å². The zero-order valence-electron chi connectivity index (χ0n) is 16.9. The fraction of sp³-hybridized carbons (Fsp3) is 0.200. The number of anilines is 2. The maximum atomic E-state index is 11.1. The van der Waals surface area contributed by atoms with E-state index in [-0.39, 0.29) is 5.97 Å². The Balaban J connectivity index is 1.73. The van der Waals surface area contributed by atoms with E-state index in [9.17, 15) is 4.79 Å². The quantitative estimate of drug-likeness (QED) is 0.223. The molecule has 30 heavy (non-hydrogen) atoms. The fourth-order valence-electron chi connectivity index (χ4n) is 4.33. The first-order valence-electron chi connectivity index (χ1n) is 10.1. The number of benzene rings is 3. The van der Waals surface area contributed by atoms with Crippen molar-refractivity contribution in [3.05, 3.63) is 65.2 Å². The number of ether oxygens (including phenoxy) is 1. The molecule has 2 heterocycles. The van der Waals surface area contributed by atoms with Crippen LogP contribution >= 0.6 is 11.6 Å². The summed E-state index contributed by atoms with van der Waals surface area (Å²) in [6, 6.07) is 18.7. The molecule has 5 heteroatoms. The Labute approximate surface area is 180 Å². The van der Waals surface area contributed by atoms with Gasteiger partial charge in [0.25, 0.3) is 0 Å². The van der Waals surface area contributed by atoms with Gasteiger partial charge in [0.2, 0.25) is 0 Å². The molecule has 0 fully saturated rings. The highest BCUT2D eigenvalue weighted by molar-refractivity contribution is 6.31. The molecule has 0 spiro atoms. The number of halogens is 1. The van der Waals surface area contributed by atoms with Gasteiger partial charge >= 0.3 is 5.97 Å². The van der Waals surface area contributed by atoms with Crippen LogP contribution in [0.5, 0.6) is 0 Å². The Kier molecular flexibility index (Phi) is 4.59. The van der Waals surface area contributed by atoms with Crippen LogP contribution in [0.1, 0.15) is 18.9 Å². The van der Waals surface area contributed by atoms with Crippen molar-refractivity contribution >= 4 is 50.6 Å². The van der Waals surface area contributed by atoms with Crippen LogP contribution in [0.3, 0.4) is 0 Å². The molecule has 0 aliphatic carbocycles. The average Bonchev–Trinajstić information content (AvgIpc) is 2.74. The van der Waals surface area contributed by atoms with E-state index < -0.39 is 0 Å². The summed E-state index contributed by atoms with van der Waals surface area (Å²) in [5.41, 5.74) is 6.45. The predicted molar refractivity (Wildman–Crippen MR) is 123 cm³/mol. The molecule has 3 aromatic carbocycles. The second kappa shape index (κ2) is 7.29. The van der Waals surface area contributed by atoms with Crippen molar-refractivity contribution in [3.8, 4) is 11.3 Å². The number of pyridine rings is 1. The van der Waals surface area contributed by atoms with Gasteiger partial charge in [-0.15, -0.1) is 0 Å². The summed E-state index contributed by atoms with van der Waals surface area (Å²) in [5, 5.41) is 4.21. The summed E-state index contributed by atoms with van der Waals surface area (Å²) in [6.07, 6.45) is 1.62. The Morgan fingerprint density at radius 2 is 1.90 bits per heavy atom. The SMILES string of the molecule is CC(=O)OCCCc1cc2c3c(nc4ccccc4c3c1)-c1ccc(Cl)cc1N2C. The van der Waals surface area contributed by atoms with E-state index in [1.54, 1.807) is 0 Å². The highest BCUT2D eigenvalue weighted by atomic mass is 35.5. The second-order valence-electron chi connectivity index (χ2n) is 7.68. The molecule has 0 saturated carbocycles. The maximum absolute atomic E-state index is 11.1. The van der Waals surface area contributed by atoms with E-state index in [1.165, 1.54) is 17.9 Å². The lowest BCUT2D eigenvalue weighted by Gasteiger charge is -2.31. The molecule has 0 unspecified atom stereocenters. The van der Waals surface area contributed by atoms with E-state index in [0.29, 0.717) is 11.6 Å². The number of aryl methyl sites for hydroxylation is 1. The van der Waals surface area contributed by atoms with Crippen LogP contribution in [-0.2, 0) is 16.0 Å². The van der Waals surface area contributed by atoms with Gasteiger partial charge in [0.1, 0.15) is 0 Å². The van der Waals surface area contributed by atoms with Crippen molar-refractivity contribution in [2.75, 3.05) is 18.6 Å². The molecule has 0 amide bonds. The van der Waals surface area contributed by atoms with Crippen LogP contribution in [0.4, 0.5) is 11.4 Å².